The Bertz CT molecular complexity index is 502. The molecule has 0 aliphatic heterocycles. The summed E-state index contributed by atoms with van der Waals surface area (Å²) in [7, 11) is 0. The molecule has 0 aliphatic carbocycles. The maximum Gasteiger partial charge on any atom is 0.225 e. The Hall–Kier alpha value is -2.04. The molecule has 0 saturated heterocycles. The molecule has 0 bridgehead atoms. The van der Waals surface area contributed by atoms with Crippen molar-refractivity contribution in [2.45, 2.75) is 26.9 Å². The lowest BCUT2D eigenvalue weighted by Crippen LogP contribution is -2.31. The van der Waals surface area contributed by atoms with Crippen LogP contribution in [-0.2, 0) is 17.9 Å². The van der Waals surface area contributed by atoms with E-state index in [2.05, 4.69) is 10.4 Å². The molecule has 2 rings (SSSR count). The normalized spacial score (nSPS) is 12.3. The van der Waals surface area contributed by atoms with Crippen LogP contribution in [0.25, 0.3) is 0 Å². The van der Waals surface area contributed by atoms with E-state index in [1.807, 2.05) is 38.2 Å². The molecule has 0 radical (unpaired) electrons. The molecule has 0 aliphatic rings. The average molecular weight is 247 g/mol. The minimum Gasteiger partial charge on any atom is -0.465 e. The maximum absolute atomic E-state index is 11.9. The van der Waals surface area contributed by atoms with Crippen molar-refractivity contribution in [2.24, 2.45) is 5.92 Å². The van der Waals surface area contributed by atoms with Crippen LogP contribution >= 0.6 is 0 Å². The van der Waals surface area contributed by atoms with Gasteiger partial charge < -0.3 is 9.73 Å². The van der Waals surface area contributed by atoms with Gasteiger partial charge in [-0.2, -0.15) is 5.10 Å². The highest BCUT2D eigenvalue weighted by Crippen LogP contribution is 2.06. The first-order valence-electron chi connectivity index (χ1n) is 5.95. The zero-order valence-electron chi connectivity index (χ0n) is 10.6. The van der Waals surface area contributed by atoms with Crippen LogP contribution in [0.3, 0.4) is 0 Å². The zero-order valence-corrected chi connectivity index (χ0v) is 10.6. The topological polar surface area (TPSA) is 60.1 Å². The molecule has 0 aromatic carbocycles. The van der Waals surface area contributed by atoms with E-state index in [0.29, 0.717) is 13.1 Å². The molecule has 96 valence electrons. The fraction of sp³-hybridized carbons (Fsp3) is 0.385. The Balaban J connectivity index is 1.80. The highest BCUT2D eigenvalue weighted by Gasteiger charge is 2.13. The molecular weight excluding hydrogens is 230 g/mol. The summed E-state index contributed by atoms with van der Waals surface area (Å²) in [6, 6.07) is 5.60. The van der Waals surface area contributed by atoms with Crippen LogP contribution in [0.4, 0.5) is 0 Å². The smallest absolute Gasteiger partial charge is 0.225 e. The third-order valence-corrected chi connectivity index (χ3v) is 2.70. The van der Waals surface area contributed by atoms with E-state index in [1.54, 1.807) is 10.9 Å². The van der Waals surface area contributed by atoms with E-state index in [1.165, 1.54) is 0 Å². The van der Waals surface area contributed by atoms with Crippen LogP contribution in [0.15, 0.2) is 35.0 Å². The van der Waals surface area contributed by atoms with Crippen LogP contribution in [0.5, 0.6) is 0 Å². The van der Waals surface area contributed by atoms with Crippen molar-refractivity contribution in [2.75, 3.05) is 0 Å². The summed E-state index contributed by atoms with van der Waals surface area (Å²) in [6.45, 7) is 4.77. The number of carbonyl (C=O) groups excluding carboxylic acids is 1. The fourth-order valence-electron chi connectivity index (χ4n) is 1.70. The Morgan fingerprint density at radius 2 is 2.39 bits per heavy atom. The van der Waals surface area contributed by atoms with Crippen molar-refractivity contribution in [1.29, 1.82) is 0 Å². The second kappa shape index (κ2) is 5.53. The SMILES string of the molecule is Cc1ccc(CNC(=O)C(C)Cn2cccn2)o1. The Morgan fingerprint density at radius 3 is 3.00 bits per heavy atom. The summed E-state index contributed by atoms with van der Waals surface area (Å²) in [6.07, 6.45) is 3.55. The van der Waals surface area contributed by atoms with Crippen LogP contribution in [0, 0.1) is 12.8 Å². The first-order valence-corrected chi connectivity index (χ1v) is 5.95. The predicted octanol–water partition coefficient (Wildman–Crippen LogP) is 1.74. The quantitative estimate of drug-likeness (QED) is 0.875. The number of furan rings is 1. The van der Waals surface area contributed by atoms with Crippen LogP contribution < -0.4 is 5.32 Å². The van der Waals surface area contributed by atoms with Gasteiger partial charge in [0.15, 0.2) is 0 Å². The van der Waals surface area contributed by atoms with Gasteiger partial charge >= 0.3 is 0 Å². The zero-order chi connectivity index (χ0) is 13.0. The Morgan fingerprint density at radius 1 is 1.56 bits per heavy atom. The fourth-order valence-corrected chi connectivity index (χ4v) is 1.70. The van der Waals surface area contributed by atoms with Gasteiger partial charge in [0.25, 0.3) is 0 Å². The standard InChI is InChI=1S/C13H17N3O2/c1-10(9-16-7-3-6-15-16)13(17)14-8-12-5-4-11(2)18-12/h3-7,10H,8-9H2,1-2H3,(H,14,17). The first kappa shape index (κ1) is 12.4. The van der Waals surface area contributed by atoms with Crippen molar-refractivity contribution in [3.8, 4) is 0 Å². The Kier molecular flexibility index (Phi) is 3.82. The van der Waals surface area contributed by atoms with Gasteiger partial charge in [-0.05, 0) is 25.1 Å². The Labute approximate surface area is 106 Å². The molecule has 2 heterocycles. The second-order valence-electron chi connectivity index (χ2n) is 4.36. The third kappa shape index (κ3) is 3.23. The number of aromatic nitrogens is 2. The molecule has 2 aromatic heterocycles. The van der Waals surface area contributed by atoms with Gasteiger partial charge in [-0.1, -0.05) is 6.92 Å². The van der Waals surface area contributed by atoms with Gasteiger partial charge in [-0.25, -0.2) is 0 Å². The number of aryl methyl sites for hydroxylation is 1. The molecule has 0 fully saturated rings. The number of nitrogens with zero attached hydrogens (tertiary/aromatic N) is 2. The number of nitrogens with one attached hydrogen (secondary N) is 1. The number of amides is 1. The number of rotatable bonds is 5. The van der Waals surface area contributed by atoms with Crippen LogP contribution in [0.1, 0.15) is 18.4 Å². The van der Waals surface area contributed by atoms with Crippen molar-refractivity contribution in [1.82, 2.24) is 15.1 Å². The highest BCUT2D eigenvalue weighted by molar-refractivity contribution is 5.78. The summed E-state index contributed by atoms with van der Waals surface area (Å²) in [4.78, 5) is 11.9. The van der Waals surface area contributed by atoms with E-state index in [-0.39, 0.29) is 11.8 Å². The maximum atomic E-state index is 11.9. The van der Waals surface area contributed by atoms with Crippen LogP contribution in [0.2, 0.25) is 0 Å². The molecule has 1 atom stereocenters. The van der Waals surface area contributed by atoms with Crippen molar-refractivity contribution >= 4 is 5.91 Å². The molecule has 1 unspecified atom stereocenters. The lowest BCUT2D eigenvalue weighted by atomic mass is 10.1. The van der Waals surface area contributed by atoms with Gasteiger partial charge in [0, 0.05) is 12.4 Å². The number of carbonyl (C=O) groups is 1. The summed E-state index contributed by atoms with van der Waals surface area (Å²) >= 11 is 0. The third-order valence-electron chi connectivity index (χ3n) is 2.70. The van der Waals surface area contributed by atoms with Crippen molar-refractivity contribution in [3.63, 3.8) is 0 Å². The molecule has 0 spiro atoms. The lowest BCUT2D eigenvalue weighted by Gasteiger charge is -2.11. The summed E-state index contributed by atoms with van der Waals surface area (Å²) < 4.78 is 7.14. The summed E-state index contributed by atoms with van der Waals surface area (Å²) in [5.74, 6) is 1.50. The van der Waals surface area contributed by atoms with Crippen molar-refractivity contribution < 1.29 is 9.21 Å². The van der Waals surface area contributed by atoms with E-state index >= 15 is 0 Å². The molecule has 18 heavy (non-hydrogen) atoms. The number of hydrogen-bond acceptors (Lipinski definition) is 3. The van der Waals surface area contributed by atoms with E-state index in [4.69, 9.17) is 4.42 Å². The predicted molar refractivity (Wildman–Crippen MR) is 66.7 cm³/mol. The van der Waals surface area contributed by atoms with Gasteiger partial charge in [-0.15, -0.1) is 0 Å². The first-order chi connectivity index (χ1) is 8.65. The molecule has 5 nitrogen and oxygen atoms in total. The van der Waals surface area contributed by atoms with Crippen LogP contribution in [-0.4, -0.2) is 15.7 Å². The molecule has 5 heteroatoms. The van der Waals surface area contributed by atoms with E-state index in [9.17, 15) is 4.79 Å². The molecule has 1 N–H and O–H groups in total. The molecule has 2 aromatic rings. The number of hydrogen-bond donors (Lipinski definition) is 1. The monoisotopic (exact) mass is 247 g/mol. The van der Waals surface area contributed by atoms with Crippen molar-refractivity contribution in [3.05, 3.63) is 42.1 Å². The minimum absolute atomic E-state index is 0.000414. The van der Waals surface area contributed by atoms with Gasteiger partial charge in [0.2, 0.25) is 5.91 Å². The molecule has 0 saturated carbocycles. The average Bonchev–Trinajstić information content (AvgIpc) is 2.97. The van der Waals surface area contributed by atoms with E-state index in [0.717, 1.165) is 11.5 Å². The van der Waals surface area contributed by atoms with Gasteiger partial charge in [-0.3, -0.25) is 9.48 Å². The second-order valence-corrected chi connectivity index (χ2v) is 4.36. The minimum atomic E-state index is -0.124. The lowest BCUT2D eigenvalue weighted by molar-refractivity contribution is -0.125. The summed E-state index contributed by atoms with van der Waals surface area (Å²) in [5, 5.41) is 6.93. The largest absolute Gasteiger partial charge is 0.465 e. The summed E-state index contributed by atoms with van der Waals surface area (Å²) in [5.41, 5.74) is 0. The highest BCUT2D eigenvalue weighted by atomic mass is 16.3. The van der Waals surface area contributed by atoms with Gasteiger partial charge in [0.05, 0.1) is 19.0 Å². The molecule has 1 amide bonds. The van der Waals surface area contributed by atoms with Gasteiger partial charge in [0.1, 0.15) is 11.5 Å². The molecular formula is C13H17N3O2. The van der Waals surface area contributed by atoms with E-state index < -0.39 is 0 Å².